The number of benzene rings is 5. The van der Waals surface area contributed by atoms with E-state index < -0.39 is 16.6 Å². The molecule has 4 atom stereocenters. The number of rotatable bonds is 15. The number of methoxy groups -OCH3 is 4. The fourth-order valence-corrected chi connectivity index (χ4v) is 11.6. The van der Waals surface area contributed by atoms with E-state index >= 15 is 0 Å². The van der Waals surface area contributed by atoms with Gasteiger partial charge in [0.1, 0.15) is 39.9 Å². The normalized spacial score (nSPS) is 14.8. The van der Waals surface area contributed by atoms with Crippen LogP contribution in [0.1, 0.15) is 116 Å². The second-order valence-corrected chi connectivity index (χ2v) is 29.8. The van der Waals surface area contributed by atoms with Gasteiger partial charge in [-0.2, -0.15) is 0 Å². The standard InChI is InChI=1S/C19H23FN4O2.C19H29N3O4.C16H16N2O5.C14H21N3O2.C9H18N2O2.C5H3FIN.ClH/c1-14(15-4-3-5-16(12-15)26-2)22-19(25)24-10-8-23(9-11-24)18-6-7-21-13-17(18)20;1-14(15-7-6-8-16(13-15)25-5)20-17(23)21-9-11-22(12-10-21)18(24)26-19(2,3)4;1-11(12-4-3-5-15(10-12)22-2)17-16(19)23-14-8-6-13(7-9-14)18(20)21;1-11(12-4-3-5-13(10-12)19-2)16-14(18)17-8-6-15-7-9-17;1-9(2,3)13-8(12)11-6-4-10-5-7-11;6-4-3-8-2-1-5(4)7;/h3-7,12-14H,8-11H2,1-2H3,(H,22,25);6-8,13-14H,9-12H2,1-5H3,(H,20,23);3-11H,1-2H3,(H,17,19);3-5,10-11,15H,6-9H2,1-2H3,(H,16,18);10H,4-7H2,1-3H3;1-3H;1H/t2*14-;2*11-;;;/m1111.../s1. The molecule has 34 heteroatoms. The highest BCUT2D eigenvalue weighted by Crippen LogP contribution is 2.26. The van der Waals surface area contributed by atoms with E-state index in [4.69, 9.17) is 33.2 Å². The number of amides is 9. The van der Waals surface area contributed by atoms with Gasteiger partial charge in [0.05, 0.1) is 79.2 Å². The van der Waals surface area contributed by atoms with Crippen LogP contribution in [0.5, 0.6) is 28.7 Å². The van der Waals surface area contributed by atoms with Crippen LogP contribution in [-0.4, -0.2) is 220 Å². The number of carbonyl (C=O) groups is 6. The number of urea groups is 3. The Morgan fingerprint density at radius 2 is 0.784 bits per heavy atom. The third kappa shape index (κ3) is 33.6. The lowest BCUT2D eigenvalue weighted by molar-refractivity contribution is -0.384. The van der Waals surface area contributed by atoms with Gasteiger partial charge in [0, 0.05) is 129 Å². The Labute approximate surface area is 698 Å². The average Bonchev–Trinajstić information content (AvgIpc) is 0.835. The van der Waals surface area contributed by atoms with Crippen molar-refractivity contribution < 1.29 is 75.6 Å². The maximum atomic E-state index is 13.8. The lowest BCUT2D eigenvalue weighted by Crippen LogP contribution is -2.54. The first-order chi connectivity index (χ1) is 54.8. The second kappa shape index (κ2) is 48.6. The summed E-state index contributed by atoms with van der Waals surface area (Å²) in [5.41, 5.74) is 3.43. The molecule has 9 amide bonds. The van der Waals surface area contributed by atoms with E-state index in [0.29, 0.717) is 67.4 Å². The first-order valence-corrected chi connectivity index (χ1v) is 38.8. The summed E-state index contributed by atoms with van der Waals surface area (Å²) in [5.74, 6) is 2.66. The van der Waals surface area contributed by atoms with Crippen LogP contribution in [0.15, 0.2) is 158 Å². The van der Waals surface area contributed by atoms with Crippen LogP contribution in [0.25, 0.3) is 0 Å². The van der Waals surface area contributed by atoms with Crippen LogP contribution < -0.4 is 60.5 Å². The summed E-state index contributed by atoms with van der Waals surface area (Å²) in [4.78, 5) is 101. The summed E-state index contributed by atoms with van der Waals surface area (Å²) >= 11 is 1.91. The highest BCUT2D eigenvalue weighted by Gasteiger charge is 2.30. The minimum atomic E-state index is -0.644. The minimum Gasteiger partial charge on any atom is -0.497 e. The number of nitro benzene ring substituents is 1. The van der Waals surface area contributed by atoms with E-state index in [-0.39, 0.29) is 95.5 Å². The van der Waals surface area contributed by atoms with Crippen LogP contribution in [0, 0.1) is 25.3 Å². The van der Waals surface area contributed by atoms with Crippen molar-refractivity contribution in [2.24, 2.45) is 0 Å². The molecule has 6 heterocycles. The summed E-state index contributed by atoms with van der Waals surface area (Å²) in [6.07, 6.45) is 4.37. The number of halogens is 4. The number of anilines is 1. The van der Waals surface area contributed by atoms with Gasteiger partial charge in [-0.05, 0) is 187 Å². The van der Waals surface area contributed by atoms with Gasteiger partial charge >= 0.3 is 36.4 Å². The fourth-order valence-electron chi connectivity index (χ4n) is 11.3. The number of carbonyl (C=O) groups excluding carboxylic acids is 6. The van der Waals surface area contributed by atoms with E-state index in [1.165, 1.54) is 36.7 Å². The van der Waals surface area contributed by atoms with Crippen LogP contribution >= 0.6 is 35.0 Å². The van der Waals surface area contributed by atoms with E-state index in [2.05, 4.69) is 41.9 Å². The smallest absolute Gasteiger partial charge is 0.413 e. The van der Waals surface area contributed by atoms with Gasteiger partial charge < -0.3 is 94.5 Å². The van der Waals surface area contributed by atoms with E-state index in [0.717, 1.165) is 91.9 Å². The predicted molar refractivity (Wildman–Crippen MR) is 450 cm³/mol. The Morgan fingerprint density at radius 3 is 1.12 bits per heavy atom. The fraction of sp³-hybridized carbons (Fsp3) is 0.439. The van der Waals surface area contributed by atoms with Crippen LogP contribution in [0.3, 0.4) is 0 Å². The molecule has 4 aliphatic rings. The zero-order valence-electron chi connectivity index (χ0n) is 68.3. The third-order valence-electron chi connectivity index (χ3n) is 17.8. The molecule has 5 aromatic carbocycles. The lowest BCUT2D eigenvalue weighted by atomic mass is 10.1. The number of hydrogen-bond donors (Lipinski definition) is 6. The zero-order valence-corrected chi connectivity index (χ0v) is 71.3. The quantitative estimate of drug-likeness (QED) is 0.0315. The first kappa shape index (κ1) is 95.8. The largest absolute Gasteiger partial charge is 0.497 e. The molecule has 116 heavy (non-hydrogen) atoms. The lowest BCUT2D eigenvalue weighted by Gasteiger charge is -2.36. The van der Waals surface area contributed by atoms with Crippen molar-refractivity contribution in [3.05, 3.63) is 206 Å². The van der Waals surface area contributed by atoms with Crippen molar-refractivity contribution in [1.29, 1.82) is 0 Å². The summed E-state index contributed by atoms with van der Waals surface area (Å²) in [6, 6.07) is 38.1. The van der Waals surface area contributed by atoms with E-state index in [1.807, 2.05) is 199 Å². The number of nitrogens with one attached hydrogen (secondary N) is 6. The summed E-state index contributed by atoms with van der Waals surface area (Å²) in [5, 5.41) is 28.7. The Balaban J connectivity index is 0.000000255. The highest BCUT2D eigenvalue weighted by molar-refractivity contribution is 14.1. The molecule has 4 aliphatic heterocycles. The molecular formula is C82H111ClF2IN15O15. The van der Waals surface area contributed by atoms with Gasteiger partial charge in [-0.3, -0.25) is 20.1 Å². The number of non-ortho nitro benzene ring substituents is 1. The predicted octanol–water partition coefficient (Wildman–Crippen LogP) is 13.7. The minimum absolute atomic E-state index is 0. The molecule has 4 fully saturated rings. The number of nitrogens with zero attached hydrogens (tertiary/aromatic N) is 9. The number of nitro groups is 1. The van der Waals surface area contributed by atoms with Gasteiger partial charge in [-0.15, -0.1) is 12.4 Å². The second-order valence-electron chi connectivity index (χ2n) is 28.6. The molecular weight excluding hydrogens is 1640 g/mol. The van der Waals surface area contributed by atoms with Crippen molar-refractivity contribution in [2.45, 2.75) is 105 Å². The maximum absolute atomic E-state index is 13.8. The summed E-state index contributed by atoms with van der Waals surface area (Å²) in [7, 11) is 6.45. The monoisotopic (exact) mass is 1750 g/mol. The third-order valence-corrected chi connectivity index (χ3v) is 18.6. The molecule has 0 unspecified atom stereocenters. The van der Waals surface area contributed by atoms with Crippen molar-refractivity contribution in [1.82, 2.24) is 66.4 Å². The molecule has 2 aromatic heterocycles. The Morgan fingerprint density at radius 1 is 0.457 bits per heavy atom. The molecule has 4 saturated heterocycles. The Kier molecular flexibility index (Phi) is 40.1. The van der Waals surface area contributed by atoms with E-state index in [9.17, 15) is 47.7 Å². The number of aromatic nitrogens is 2. The molecule has 0 spiro atoms. The van der Waals surface area contributed by atoms with E-state index in [1.54, 1.807) is 72.6 Å². The molecule has 0 bridgehead atoms. The van der Waals surface area contributed by atoms with Gasteiger partial charge in [-0.1, -0.05) is 48.5 Å². The molecule has 6 N–H and O–H groups in total. The van der Waals surface area contributed by atoms with Crippen LogP contribution in [0.4, 0.5) is 48.9 Å². The van der Waals surface area contributed by atoms with Crippen molar-refractivity contribution in [3.8, 4) is 28.7 Å². The zero-order chi connectivity index (χ0) is 84.2. The van der Waals surface area contributed by atoms with Gasteiger partial charge in [0.15, 0.2) is 11.6 Å². The Bertz CT molecular complexity index is 4200. The number of ether oxygens (including phenoxy) is 7. The van der Waals surface area contributed by atoms with Gasteiger partial charge in [0.25, 0.3) is 5.69 Å². The van der Waals surface area contributed by atoms with Crippen LogP contribution in [0.2, 0.25) is 0 Å². The molecule has 632 valence electrons. The number of hydrogen-bond acceptors (Lipinski definition) is 20. The van der Waals surface area contributed by atoms with Gasteiger partial charge in [0.2, 0.25) is 0 Å². The number of piperazine rings is 4. The molecule has 7 aromatic rings. The average molecular weight is 1750 g/mol. The Hall–Kier alpha value is -10.8. The topological polar surface area (TPSA) is 328 Å². The number of pyridine rings is 2. The van der Waals surface area contributed by atoms with Crippen molar-refractivity contribution in [2.75, 3.05) is 138 Å². The molecule has 0 saturated carbocycles. The summed E-state index contributed by atoms with van der Waals surface area (Å²) < 4.78 is 63.2. The molecule has 0 radical (unpaired) electrons. The van der Waals surface area contributed by atoms with Crippen LogP contribution in [-0.2, 0) is 9.47 Å². The maximum Gasteiger partial charge on any atom is 0.413 e. The SMILES string of the molecule is CC(C)(C)OC(=O)N1CCNCC1.COc1cccc([C@@H](C)NC(=O)N2CCN(C(=O)OC(C)(C)C)CC2)c1.COc1cccc([C@@H](C)NC(=O)N2CCN(c3ccncc3F)CC2)c1.COc1cccc([C@@H](C)NC(=O)N2CCNCC2)c1.COc1cccc([C@@H](C)NC(=O)Oc2ccc([N+](=O)[O-])cc2)c1.Cl.Fc1cnccc1I. The van der Waals surface area contributed by atoms with Gasteiger partial charge in [-0.25, -0.2) is 37.5 Å². The van der Waals surface area contributed by atoms with Crippen molar-refractivity contribution in [3.63, 3.8) is 0 Å². The molecule has 0 aliphatic carbocycles. The molecule has 30 nitrogen and oxygen atoms in total. The van der Waals surface area contributed by atoms with Crippen molar-refractivity contribution >= 4 is 82.7 Å². The highest BCUT2D eigenvalue weighted by atomic mass is 127. The first-order valence-electron chi connectivity index (χ1n) is 37.7. The molecule has 11 rings (SSSR count). The summed E-state index contributed by atoms with van der Waals surface area (Å²) in [6.45, 7) is 29.4.